The van der Waals surface area contributed by atoms with E-state index in [0.29, 0.717) is 16.4 Å². The Bertz CT molecular complexity index is 869. The van der Waals surface area contributed by atoms with E-state index in [1.54, 1.807) is 10.8 Å². The molecule has 1 aliphatic rings. The van der Waals surface area contributed by atoms with Crippen LogP contribution in [0, 0.1) is 20.8 Å². The molecule has 0 bridgehead atoms. The maximum atomic E-state index is 11.8. The number of aryl methyl sites for hydroxylation is 3. The Kier molecular flexibility index (Phi) is 3.95. The molecule has 7 heteroatoms. The van der Waals surface area contributed by atoms with Crippen LogP contribution < -0.4 is 10.6 Å². The van der Waals surface area contributed by atoms with Gasteiger partial charge in [-0.05, 0) is 56.3 Å². The van der Waals surface area contributed by atoms with Crippen molar-refractivity contribution >= 4 is 40.9 Å². The molecular formula is C16H15ClN4OS. The summed E-state index contributed by atoms with van der Waals surface area (Å²) in [5, 5.41) is 10.6. The number of carbonyl (C=O) groups is 1. The monoisotopic (exact) mass is 346 g/mol. The lowest BCUT2D eigenvalue weighted by Gasteiger charge is -2.08. The molecule has 0 saturated carbocycles. The Morgan fingerprint density at radius 2 is 2.00 bits per heavy atom. The summed E-state index contributed by atoms with van der Waals surface area (Å²) >= 11 is 11.4. The van der Waals surface area contributed by atoms with Crippen LogP contribution in [0.25, 0.3) is 11.8 Å². The second-order valence-electron chi connectivity index (χ2n) is 5.46. The molecule has 0 aliphatic carbocycles. The number of nitrogens with one attached hydrogen (secondary N) is 2. The van der Waals surface area contributed by atoms with Gasteiger partial charge in [0.2, 0.25) is 0 Å². The van der Waals surface area contributed by atoms with Crippen molar-refractivity contribution in [3.8, 4) is 5.69 Å². The standard InChI is InChI=1S/C16H15ClN4OS/c1-8-4-5-9(2)13(6-8)21-14(17)11(10(3)20-21)7-12-15(22)19-16(23)18-12/h4-7H,1-3H3,(H2,18,19,22,23)/b12-7-. The van der Waals surface area contributed by atoms with Crippen molar-refractivity contribution < 1.29 is 4.79 Å². The molecule has 3 rings (SSSR count). The zero-order valence-corrected chi connectivity index (χ0v) is 14.5. The van der Waals surface area contributed by atoms with Gasteiger partial charge in [0.15, 0.2) is 5.11 Å². The van der Waals surface area contributed by atoms with E-state index in [4.69, 9.17) is 23.8 Å². The third-order valence-corrected chi connectivity index (χ3v) is 4.22. The van der Waals surface area contributed by atoms with Crippen LogP contribution in [0.4, 0.5) is 0 Å². The summed E-state index contributed by atoms with van der Waals surface area (Å²) in [6, 6.07) is 6.10. The van der Waals surface area contributed by atoms with Gasteiger partial charge in [-0.2, -0.15) is 5.10 Å². The van der Waals surface area contributed by atoms with Crippen LogP contribution in [0.15, 0.2) is 23.9 Å². The number of aromatic nitrogens is 2. The van der Waals surface area contributed by atoms with E-state index < -0.39 is 0 Å². The van der Waals surface area contributed by atoms with E-state index in [1.165, 1.54) is 0 Å². The van der Waals surface area contributed by atoms with Gasteiger partial charge in [-0.1, -0.05) is 23.7 Å². The average Bonchev–Trinajstić information content (AvgIpc) is 2.95. The topological polar surface area (TPSA) is 59.0 Å². The highest BCUT2D eigenvalue weighted by Gasteiger charge is 2.22. The van der Waals surface area contributed by atoms with Gasteiger partial charge in [-0.25, -0.2) is 4.68 Å². The molecular weight excluding hydrogens is 332 g/mol. The molecule has 1 saturated heterocycles. The summed E-state index contributed by atoms with van der Waals surface area (Å²) in [4.78, 5) is 11.8. The molecule has 1 aromatic carbocycles. The summed E-state index contributed by atoms with van der Waals surface area (Å²) in [7, 11) is 0. The fraction of sp³-hybridized carbons (Fsp3) is 0.188. The molecule has 0 unspecified atom stereocenters. The average molecular weight is 347 g/mol. The fourth-order valence-corrected chi connectivity index (χ4v) is 2.93. The normalized spacial score (nSPS) is 15.9. The number of amides is 1. The molecule has 1 fully saturated rings. The van der Waals surface area contributed by atoms with Crippen LogP contribution in [-0.2, 0) is 4.79 Å². The highest BCUT2D eigenvalue weighted by atomic mass is 35.5. The molecule has 2 aromatic rings. The summed E-state index contributed by atoms with van der Waals surface area (Å²) in [6.07, 6.45) is 1.67. The minimum atomic E-state index is -0.273. The van der Waals surface area contributed by atoms with Crippen molar-refractivity contribution in [2.75, 3.05) is 0 Å². The van der Waals surface area contributed by atoms with E-state index in [2.05, 4.69) is 15.7 Å². The Hall–Kier alpha value is -2.18. The Labute approximate surface area is 144 Å². The van der Waals surface area contributed by atoms with Crippen LogP contribution in [0.3, 0.4) is 0 Å². The van der Waals surface area contributed by atoms with E-state index in [0.717, 1.165) is 22.5 Å². The first-order valence-electron chi connectivity index (χ1n) is 7.03. The largest absolute Gasteiger partial charge is 0.328 e. The van der Waals surface area contributed by atoms with Gasteiger partial charge in [0.05, 0.1) is 11.4 Å². The van der Waals surface area contributed by atoms with Crippen molar-refractivity contribution in [2.24, 2.45) is 0 Å². The van der Waals surface area contributed by atoms with Gasteiger partial charge in [0, 0.05) is 5.56 Å². The molecule has 0 spiro atoms. The van der Waals surface area contributed by atoms with Crippen molar-refractivity contribution in [1.29, 1.82) is 0 Å². The van der Waals surface area contributed by atoms with Crippen molar-refractivity contribution in [3.63, 3.8) is 0 Å². The maximum Gasteiger partial charge on any atom is 0.273 e. The number of nitrogens with zero attached hydrogens (tertiary/aromatic N) is 2. The predicted molar refractivity (Wildman–Crippen MR) is 94.6 cm³/mol. The number of carbonyl (C=O) groups excluding carboxylic acids is 1. The first-order chi connectivity index (χ1) is 10.9. The van der Waals surface area contributed by atoms with E-state index in [-0.39, 0.29) is 11.0 Å². The SMILES string of the molecule is Cc1ccc(C)c(-n2nc(C)c(/C=C3\NC(=S)NC3=O)c2Cl)c1. The van der Waals surface area contributed by atoms with Gasteiger partial charge in [-0.15, -0.1) is 0 Å². The molecule has 118 valence electrons. The molecule has 2 heterocycles. The summed E-state index contributed by atoms with van der Waals surface area (Å²) in [5.41, 5.74) is 4.89. The second kappa shape index (κ2) is 5.79. The van der Waals surface area contributed by atoms with Crippen LogP contribution in [0.1, 0.15) is 22.4 Å². The van der Waals surface area contributed by atoms with Gasteiger partial charge in [-0.3, -0.25) is 10.1 Å². The smallest absolute Gasteiger partial charge is 0.273 e. The molecule has 1 aromatic heterocycles. The van der Waals surface area contributed by atoms with E-state index in [9.17, 15) is 4.79 Å². The lowest BCUT2D eigenvalue weighted by Crippen LogP contribution is -2.21. The van der Waals surface area contributed by atoms with E-state index in [1.807, 2.05) is 39.0 Å². The van der Waals surface area contributed by atoms with Crippen LogP contribution in [0.2, 0.25) is 5.15 Å². The Morgan fingerprint density at radius 1 is 1.26 bits per heavy atom. The quantitative estimate of drug-likeness (QED) is 0.648. The highest BCUT2D eigenvalue weighted by molar-refractivity contribution is 7.80. The minimum Gasteiger partial charge on any atom is -0.328 e. The van der Waals surface area contributed by atoms with Crippen LogP contribution in [0.5, 0.6) is 0 Å². The van der Waals surface area contributed by atoms with Gasteiger partial charge >= 0.3 is 0 Å². The molecule has 5 nitrogen and oxygen atoms in total. The third kappa shape index (κ3) is 2.87. The zero-order valence-electron chi connectivity index (χ0n) is 12.9. The van der Waals surface area contributed by atoms with Crippen molar-refractivity contribution in [3.05, 3.63) is 51.4 Å². The van der Waals surface area contributed by atoms with Gasteiger partial charge < -0.3 is 5.32 Å². The molecule has 23 heavy (non-hydrogen) atoms. The number of thiocarbonyl (C=S) groups is 1. The zero-order chi connectivity index (χ0) is 16.7. The second-order valence-corrected chi connectivity index (χ2v) is 6.22. The first-order valence-corrected chi connectivity index (χ1v) is 7.82. The Balaban J connectivity index is 2.10. The van der Waals surface area contributed by atoms with Crippen molar-refractivity contribution in [1.82, 2.24) is 20.4 Å². The predicted octanol–water partition coefficient (Wildman–Crippen LogP) is 2.80. The lowest BCUT2D eigenvalue weighted by molar-refractivity contribution is -0.115. The number of hydrogen-bond donors (Lipinski definition) is 2. The maximum absolute atomic E-state index is 11.8. The molecule has 1 aliphatic heterocycles. The first kappa shape index (κ1) is 15.7. The Morgan fingerprint density at radius 3 is 2.65 bits per heavy atom. The molecule has 0 atom stereocenters. The number of halogens is 1. The number of hydrogen-bond acceptors (Lipinski definition) is 3. The van der Waals surface area contributed by atoms with Crippen LogP contribution in [-0.4, -0.2) is 20.8 Å². The van der Waals surface area contributed by atoms with Gasteiger partial charge in [0.1, 0.15) is 10.9 Å². The van der Waals surface area contributed by atoms with E-state index >= 15 is 0 Å². The third-order valence-electron chi connectivity index (χ3n) is 3.65. The highest BCUT2D eigenvalue weighted by Crippen LogP contribution is 2.27. The molecule has 0 radical (unpaired) electrons. The van der Waals surface area contributed by atoms with Crippen molar-refractivity contribution in [2.45, 2.75) is 20.8 Å². The number of rotatable bonds is 2. The summed E-state index contributed by atoms with van der Waals surface area (Å²) in [6.45, 7) is 5.87. The number of benzene rings is 1. The lowest BCUT2D eigenvalue weighted by atomic mass is 10.1. The van der Waals surface area contributed by atoms with Crippen LogP contribution >= 0.6 is 23.8 Å². The minimum absolute atomic E-state index is 0.273. The molecule has 1 amide bonds. The fourth-order valence-electron chi connectivity index (χ4n) is 2.41. The molecule has 2 N–H and O–H groups in total. The van der Waals surface area contributed by atoms with Gasteiger partial charge in [0.25, 0.3) is 5.91 Å². The summed E-state index contributed by atoms with van der Waals surface area (Å²) < 4.78 is 1.69. The summed E-state index contributed by atoms with van der Waals surface area (Å²) in [5.74, 6) is -0.273.